The van der Waals surface area contributed by atoms with Gasteiger partial charge in [0.15, 0.2) is 0 Å². The van der Waals surface area contributed by atoms with Crippen LogP contribution in [0.1, 0.15) is 5.69 Å². The Balaban J connectivity index is 2.07. The number of pyridine rings is 1. The SMILES string of the molecule is Nc1ccnc(CSc2ccc(F)cc2F)c1. The van der Waals surface area contributed by atoms with Gasteiger partial charge >= 0.3 is 0 Å². The van der Waals surface area contributed by atoms with Gasteiger partial charge in [-0.05, 0) is 24.3 Å². The number of hydrogen-bond donors (Lipinski definition) is 1. The number of rotatable bonds is 3. The Kier molecular flexibility index (Phi) is 3.58. The maximum absolute atomic E-state index is 13.3. The van der Waals surface area contributed by atoms with Crippen molar-refractivity contribution >= 4 is 17.4 Å². The Hall–Kier alpha value is -1.62. The lowest BCUT2D eigenvalue weighted by Crippen LogP contribution is -1.91. The predicted octanol–water partition coefficient (Wildman–Crippen LogP) is 3.23. The maximum atomic E-state index is 13.3. The Morgan fingerprint density at radius 1 is 1.18 bits per heavy atom. The highest BCUT2D eigenvalue weighted by Gasteiger charge is 2.05. The van der Waals surface area contributed by atoms with Crippen LogP contribution >= 0.6 is 11.8 Å². The van der Waals surface area contributed by atoms with Crippen LogP contribution in [-0.2, 0) is 5.75 Å². The fraction of sp³-hybridized carbons (Fsp3) is 0.0833. The van der Waals surface area contributed by atoms with Gasteiger partial charge in [-0.15, -0.1) is 11.8 Å². The Labute approximate surface area is 102 Å². The molecule has 0 saturated carbocycles. The molecule has 2 nitrogen and oxygen atoms in total. The fourth-order valence-electron chi connectivity index (χ4n) is 1.32. The zero-order chi connectivity index (χ0) is 12.3. The number of aromatic nitrogens is 1. The molecule has 2 aromatic rings. The minimum atomic E-state index is -0.575. The third-order valence-corrected chi connectivity index (χ3v) is 3.19. The number of nitrogens with zero attached hydrogens (tertiary/aromatic N) is 1. The normalized spacial score (nSPS) is 10.5. The topological polar surface area (TPSA) is 38.9 Å². The van der Waals surface area contributed by atoms with Crippen LogP contribution < -0.4 is 5.73 Å². The van der Waals surface area contributed by atoms with E-state index in [1.807, 2.05) is 0 Å². The molecule has 0 unspecified atom stereocenters. The Morgan fingerprint density at radius 2 is 2.00 bits per heavy atom. The van der Waals surface area contributed by atoms with Gasteiger partial charge in [0, 0.05) is 28.6 Å². The largest absolute Gasteiger partial charge is 0.399 e. The van der Waals surface area contributed by atoms with Crippen LogP contribution in [0.5, 0.6) is 0 Å². The van der Waals surface area contributed by atoms with Crippen molar-refractivity contribution in [1.29, 1.82) is 0 Å². The molecule has 1 aromatic carbocycles. The first-order valence-corrected chi connectivity index (χ1v) is 5.92. The smallest absolute Gasteiger partial charge is 0.139 e. The van der Waals surface area contributed by atoms with Gasteiger partial charge in [0.25, 0.3) is 0 Å². The van der Waals surface area contributed by atoms with E-state index in [2.05, 4.69) is 4.98 Å². The van der Waals surface area contributed by atoms with Gasteiger partial charge in [-0.1, -0.05) is 0 Å². The summed E-state index contributed by atoms with van der Waals surface area (Å²) in [5.74, 6) is -0.638. The average molecular weight is 252 g/mol. The monoisotopic (exact) mass is 252 g/mol. The summed E-state index contributed by atoms with van der Waals surface area (Å²) in [5, 5.41) is 0. The minimum Gasteiger partial charge on any atom is -0.399 e. The average Bonchev–Trinajstić information content (AvgIpc) is 2.28. The molecule has 2 N–H and O–H groups in total. The van der Waals surface area contributed by atoms with Crippen LogP contribution in [0.2, 0.25) is 0 Å². The van der Waals surface area contributed by atoms with E-state index in [0.717, 1.165) is 11.8 Å². The molecule has 0 amide bonds. The van der Waals surface area contributed by atoms with Crippen molar-refractivity contribution in [1.82, 2.24) is 4.98 Å². The van der Waals surface area contributed by atoms with Crippen molar-refractivity contribution in [2.45, 2.75) is 10.6 Å². The van der Waals surface area contributed by atoms with Crippen molar-refractivity contribution in [2.75, 3.05) is 5.73 Å². The first kappa shape index (κ1) is 11.9. The highest BCUT2D eigenvalue weighted by atomic mass is 32.2. The summed E-state index contributed by atoms with van der Waals surface area (Å²) in [6, 6.07) is 6.94. The molecule has 0 saturated heterocycles. The lowest BCUT2D eigenvalue weighted by molar-refractivity contribution is 0.565. The van der Waals surface area contributed by atoms with Gasteiger partial charge in [-0.2, -0.15) is 0 Å². The number of nitrogens with two attached hydrogens (primary N) is 1. The van der Waals surface area contributed by atoms with Crippen molar-refractivity contribution < 1.29 is 8.78 Å². The molecule has 1 heterocycles. The van der Waals surface area contributed by atoms with Crippen molar-refractivity contribution in [2.24, 2.45) is 0 Å². The van der Waals surface area contributed by atoms with Crippen molar-refractivity contribution in [3.05, 3.63) is 53.9 Å². The zero-order valence-electron chi connectivity index (χ0n) is 8.86. The van der Waals surface area contributed by atoms with Crippen LogP contribution in [0, 0.1) is 11.6 Å². The van der Waals surface area contributed by atoms with Gasteiger partial charge in [0.05, 0.1) is 5.69 Å². The number of nitrogen functional groups attached to an aromatic ring is 1. The molecule has 0 radical (unpaired) electrons. The second kappa shape index (κ2) is 5.14. The van der Waals surface area contributed by atoms with E-state index in [9.17, 15) is 8.78 Å². The van der Waals surface area contributed by atoms with Crippen LogP contribution in [0.15, 0.2) is 41.4 Å². The molecule has 2 rings (SSSR count). The van der Waals surface area contributed by atoms with Crippen LogP contribution in [0.4, 0.5) is 14.5 Å². The molecule has 0 bridgehead atoms. The molecule has 0 spiro atoms. The summed E-state index contributed by atoms with van der Waals surface area (Å²) < 4.78 is 26.0. The fourth-order valence-corrected chi connectivity index (χ4v) is 2.14. The third-order valence-electron chi connectivity index (χ3n) is 2.11. The quantitative estimate of drug-likeness (QED) is 0.852. The first-order chi connectivity index (χ1) is 8.15. The first-order valence-electron chi connectivity index (χ1n) is 4.93. The number of thioether (sulfide) groups is 1. The number of anilines is 1. The molecule has 0 atom stereocenters. The third kappa shape index (κ3) is 3.17. The van der Waals surface area contributed by atoms with E-state index in [1.165, 1.54) is 23.9 Å². The van der Waals surface area contributed by atoms with Crippen LogP contribution in [0.3, 0.4) is 0 Å². The molecule has 0 aliphatic rings. The van der Waals surface area contributed by atoms with Gasteiger partial charge in [-0.3, -0.25) is 4.98 Å². The van der Waals surface area contributed by atoms with Gasteiger partial charge in [0.2, 0.25) is 0 Å². The molecule has 17 heavy (non-hydrogen) atoms. The molecule has 88 valence electrons. The molecule has 0 fully saturated rings. The van der Waals surface area contributed by atoms with Crippen LogP contribution in [0.25, 0.3) is 0 Å². The number of halogens is 2. The number of hydrogen-bond acceptors (Lipinski definition) is 3. The highest BCUT2D eigenvalue weighted by Crippen LogP contribution is 2.25. The lowest BCUT2D eigenvalue weighted by Gasteiger charge is -2.03. The van der Waals surface area contributed by atoms with E-state index in [1.54, 1.807) is 18.3 Å². The molecule has 1 aromatic heterocycles. The van der Waals surface area contributed by atoms with Gasteiger partial charge in [-0.25, -0.2) is 8.78 Å². The molecule has 0 aliphatic heterocycles. The summed E-state index contributed by atoms with van der Waals surface area (Å²) >= 11 is 1.26. The van der Waals surface area contributed by atoms with E-state index < -0.39 is 11.6 Å². The second-order valence-electron chi connectivity index (χ2n) is 3.44. The van der Waals surface area contributed by atoms with Gasteiger partial charge < -0.3 is 5.73 Å². The summed E-state index contributed by atoms with van der Waals surface area (Å²) in [5.41, 5.74) is 6.99. The Bertz CT molecular complexity index is 532. The summed E-state index contributed by atoms with van der Waals surface area (Å²) in [4.78, 5) is 4.50. The second-order valence-corrected chi connectivity index (χ2v) is 4.46. The zero-order valence-corrected chi connectivity index (χ0v) is 9.68. The van der Waals surface area contributed by atoms with Gasteiger partial charge in [0.1, 0.15) is 11.6 Å². The standard InChI is InChI=1S/C12H10F2N2S/c13-8-1-2-12(11(14)5-8)17-7-10-6-9(15)3-4-16-10/h1-6H,7H2,(H2,15,16). The minimum absolute atomic E-state index is 0.399. The number of benzene rings is 1. The highest BCUT2D eigenvalue weighted by molar-refractivity contribution is 7.98. The predicted molar refractivity (Wildman–Crippen MR) is 64.6 cm³/mol. The van der Waals surface area contributed by atoms with E-state index in [-0.39, 0.29) is 0 Å². The Morgan fingerprint density at radius 3 is 2.71 bits per heavy atom. The van der Waals surface area contributed by atoms with E-state index in [0.29, 0.717) is 16.3 Å². The summed E-state index contributed by atoms with van der Waals surface area (Å²) in [6.07, 6.45) is 1.60. The molecule has 0 aliphatic carbocycles. The summed E-state index contributed by atoms with van der Waals surface area (Å²) in [6.45, 7) is 0. The summed E-state index contributed by atoms with van der Waals surface area (Å²) in [7, 11) is 0. The molecule has 5 heteroatoms. The van der Waals surface area contributed by atoms with E-state index >= 15 is 0 Å². The lowest BCUT2D eigenvalue weighted by atomic mass is 10.3. The van der Waals surface area contributed by atoms with E-state index in [4.69, 9.17) is 5.73 Å². The van der Waals surface area contributed by atoms with Crippen molar-refractivity contribution in [3.8, 4) is 0 Å². The molecular weight excluding hydrogens is 242 g/mol. The van der Waals surface area contributed by atoms with Crippen molar-refractivity contribution in [3.63, 3.8) is 0 Å². The molecular formula is C12H10F2N2S. The maximum Gasteiger partial charge on any atom is 0.139 e. The van der Waals surface area contributed by atoms with Crippen LogP contribution in [-0.4, -0.2) is 4.98 Å².